The molecule has 0 spiro atoms. The van der Waals surface area contributed by atoms with Gasteiger partial charge in [-0.05, 0) is 63.6 Å². The van der Waals surface area contributed by atoms with Crippen molar-refractivity contribution in [2.45, 2.75) is 39.8 Å². The molecular weight excluding hydrogens is 426 g/mol. The van der Waals surface area contributed by atoms with Crippen molar-refractivity contribution >= 4 is 11.9 Å². The van der Waals surface area contributed by atoms with Crippen LogP contribution in [0, 0.1) is 18.6 Å². The average molecular weight is 453 g/mol. The largest absolute Gasteiger partial charge is 0.489 e. The van der Waals surface area contributed by atoms with Gasteiger partial charge in [-0.2, -0.15) is 0 Å². The fourth-order valence-corrected chi connectivity index (χ4v) is 3.14. The molecule has 172 valence electrons. The van der Waals surface area contributed by atoms with E-state index in [0.29, 0.717) is 16.9 Å². The van der Waals surface area contributed by atoms with Crippen LogP contribution in [0.4, 0.5) is 13.6 Å². The molecular formula is C26H26F2N2O3. The predicted octanol–water partition coefficient (Wildman–Crippen LogP) is 5.76. The van der Waals surface area contributed by atoms with E-state index in [1.54, 1.807) is 32.9 Å². The molecule has 3 rings (SSSR count). The van der Waals surface area contributed by atoms with Gasteiger partial charge in [0.25, 0.3) is 5.91 Å². The molecule has 3 amide bonds. The molecule has 0 aliphatic heterocycles. The van der Waals surface area contributed by atoms with E-state index in [1.165, 1.54) is 12.1 Å². The monoisotopic (exact) mass is 452 g/mol. The van der Waals surface area contributed by atoms with Crippen LogP contribution in [0.1, 0.15) is 42.3 Å². The van der Waals surface area contributed by atoms with Gasteiger partial charge in [-0.1, -0.05) is 29.8 Å². The maximum atomic E-state index is 14.3. The lowest BCUT2D eigenvalue weighted by Crippen LogP contribution is -2.48. The Balaban J connectivity index is 1.92. The summed E-state index contributed by atoms with van der Waals surface area (Å²) in [6.45, 7) is 7.38. The summed E-state index contributed by atoms with van der Waals surface area (Å²) in [7, 11) is 0. The number of amides is 3. The van der Waals surface area contributed by atoms with Crippen LogP contribution < -0.4 is 15.4 Å². The van der Waals surface area contributed by atoms with E-state index in [1.807, 2.05) is 31.2 Å². The molecule has 0 unspecified atom stereocenters. The van der Waals surface area contributed by atoms with Crippen LogP contribution in [-0.4, -0.2) is 17.5 Å². The first-order valence-corrected chi connectivity index (χ1v) is 10.4. The molecule has 7 heteroatoms. The Morgan fingerprint density at radius 3 is 2.27 bits per heavy atom. The minimum absolute atomic E-state index is 0.0544. The van der Waals surface area contributed by atoms with E-state index in [9.17, 15) is 18.4 Å². The number of hydrogen-bond donors (Lipinski definition) is 2. The highest BCUT2D eigenvalue weighted by molar-refractivity contribution is 6.05. The summed E-state index contributed by atoms with van der Waals surface area (Å²) in [6, 6.07) is 14.7. The fraction of sp³-hybridized carbons (Fsp3) is 0.231. The second-order valence-electron chi connectivity index (χ2n) is 8.76. The number of imide groups is 1. The van der Waals surface area contributed by atoms with E-state index in [-0.39, 0.29) is 17.7 Å². The Bertz CT molecular complexity index is 1170. The molecule has 0 atom stereocenters. The SMILES string of the molecule is Cc1ccc(OCc2ccc(-c3ccc(F)cc3F)cc2C(=O)NC(=O)NC(C)(C)C)cc1. The smallest absolute Gasteiger partial charge is 0.322 e. The van der Waals surface area contributed by atoms with E-state index >= 15 is 0 Å². The summed E-state index contributed by atoms with van der Waals surface area (Å²) in [4.78, 5) is 25.2. The quantitative estimate of drug-likeness (QED) is 0.517. The summed E-state index contributed by atoms with van der Waals surface area (Å²) < 4.78 is 33.5. The summed E-state index contributed by atoms with van der Waals surface area (Å²) in [5.41, 5.74) is 1.69. The molecule has 5 nitrogen and oxygen atoms in total. The van der Waals surface area contributed by atoms with Crippen molar-refractivity contribution in [3.63, 3.8) is 0 Å². The lowest BCUT2D eigenvalue weighted by molar-refractivity contribution is 0.0960. The van der Waals surface area contributed by atoms with E-state index in [4.69, 9.17) is 4.74 Å². The summed E-state index contributed by atoms with van der Waals surface area (Å²) in [6.07, 6.45) is 0. The first-order chi connectivity index (χ1) is 15.5. The van der Waals surface area contributed by atoms with Crippen LogP contribution in [0.3, 0.4) is 0 Å². The average Bonchev–Trinajstić information content (AvgIpc) is 2.72. The molecule has 3 aromatic rings. The highest BCUT2D eigenvalue weighted by atomic mass is 19.1. The van der Waals surface area contributed by atoms with Crippen molar-refractivity contribution in [2.24, 2.45) is 0 Å². The molecule has 0 aromatic heterocycles. The van der Waals surface area contributed by atoms with Crippen LogP contribution >= 0.6 is 0 Å². The van der Waals surface area contributed by atoms with Crippen molar-refractivity contribution < 1.29 is 23.1 Å². The third kappa shape index (κ3) is 6.62. The van der Waals surface area contributed by atoms with Crippen molar-refractivity contribution in [2.75, 3.05) is 0 Å². The molecule has 0 saturated heterocycles. The van der Waals surface area contributed by atoms with Crippen LogP contribution in [0.2, 0.25) is 0 Å². The van der Waals surface area contributed by atoms with Gasteiger partial charge >= 0.3 is 6.03 Å². The Kier molecular flexibility index (Phi) is 7.11. The van der Waals surface area contributed by atoms with Crippen molar-refractivity contribution in [3.8, 4) is 16.9 Å². The van der Waals surface area contributed by atoms with Crippen LogP contribution in [0.15, 0.2) is 60.7 Å². The standard InChI is InChI=1S/C26H26F2N2O3/c1-16-5-10-20(11-6-16)33-15-18-8-7-17(21-12-9-19(27)14-23(21)28)13-22(18)24(31)29-25(32)30-26(2,3)4/h5-14H,15H2,1-4H3,(H2,29,30,31,32). The molecule has 0 saturated carbocycles. The first kappa shape index (κ1) is 23.9. The van der Waals surface area contributed by atoms with Crippen LogP contribution in [0.25, 0.3) is 11.1 Å². The normalized spacial score (nSPS) is 11.1. The Morgan fingerprint density at radius 1 is 0.939 bits per heavy atom. The van der Waals surface area contributed by atoms with Crippen molar-refractivity contribution in [1.29, 1.82) is 0 Å². The topological polar surface area (TPSA) is 67.4 Å². The third-order valence-corrected chi connectivity index (χ3v) is 4.73. The van der Waals surface area contributed by atoms with Crippen LogP contribution in [0.5, 0.6) is 5.75 Å². The minimum Gasteiger partial charge on any atom is -0.489 e. The van der Waals surface area contributed by atoms with E-state index < -0.39 is 29.1 Å². The van der Waals surface area contributed by atoms with Crippen molar-refractivity contribution in [3.05, 3.63) is 89.0 Å². The third-order valence-electron chi connectivity index (χ3n) is 4.73. The van der Waals surface area contributed by atoms with Gasteiger partial charge in [-0.3, -0.25) is 10.1 Å². The maximum absolute atomic E-state index is 14.3. The molecule has 0 heterocycles. The summed E-state index contributed by atoms with van der Waals surface area (Å²) in [5.74, 6) is -1.50. The van der Waals surface area contributed by atoms with Gasteiger partial charge in [0.15, 0.2) is 0 Å². The van der Waals surface area contributed by atoms with E-state index in [2.05, 4.69) is 10.6 Å². The zero-order chi connectivity index (χ0) is 24.2. The zero-order valence-corrected chi connectivity index (χ0v) is 19.0. The second kappa shape index (κ2) is 9.81. The number of halogens is 2. The number of ether oxygens (including phenoxy) is 1. The summed E-state index contributed by atoms with van der Waals surface area (Å²) >= 11 is 0. The zero-order valence-electron chi connectivity index (χ0n) is 19.0. The molecule has 0 radical (unpaired) electrons. The maximum Gasteiger partial charge on any atom is 0.322 e. The number of urea groups is 1. The molecule has 3 aromatic carbocycles. The number of carbonyl (C=O) groups excluding carboxylic acids is 2. The second-order valence-corrected chi connectivity index (χ2v) is 8.76. The predicted molar refractivity (Wildman–Crippen MR) is 123 cm³/mol. The number of aryl methyl sites for hydroxylation is 1. The number of benzene rings is 3. The van der Waals surface area contributed by atoms with Gasteiger partial charge in [-0.25, -0.2) is 13.6 Å². The van der Waals surface area contributed by atoms with E-state index in [0.717, 1.165) is 17.7 Å². The highest BCUT2D eigenvalue weighted by Gasteiger charge is 2.20. The minimum atomic E-state index is -0.754. The molecule has 0 aliphatic carbocycles. The van der Waals surface area contributed by atoms with Gasteiger partial charge < -0.3 is 10.1 Å². The van der Waals surface area contributed by atoms with Gasteiger partial charge in [0.1, 0.15) is 24.0 Å². The molecule has 33 heavy (non-hydrogen) atoms. The summed E-state index contributed by atoms with van der Waals surface area (Å²) in [5, 5.41) is 4.96. The molecule has 0 fully saturated rings. The first-order valence-electron chi connectivity index (χ1n) is 10.4. The number of carbonyl (C=O) groups is 2. The highest BCUT2D eigenvalue weighted by Crippen LogP contribution is 2.27. The number of nitrogens with one attached hydrogen (secondary N) is 2. The Morgan fingerprint density at radius 2 is 1.64 bits per heavy atom. The number of rotatable bonds is 5. The van der Waals surface area contributed by atoms with Crippen LogP contribution in [-0.2, 0) is 6.61 Å². The lowest BCUT2D eigenvalue weighted by atomic mass is 9.98. The van der Waals surface area contributed by atoms with Gasteiger partial charge in [0.2, 0.25) is 0 Å². The Hall–Kier alpha value is -3.74. The fourth-order valence-electron chi connectivity index (χ4n) is 3.14. The molecule has 2 N–H and O–H groups in total. The molecule has 0 bridgehead atoms. The molecule has 0 aliphatic rings. The van der Waals surface area contributed by atoms with Crippen molar-refractivity contribution in [1.82, 2.24) is 10.6 Å². The van der Waals surface area contributed by atoms with Gasteiger partial charge in [0, 0.05) is 28.3 Å². The van der Waals surface area contributed by atoms with Gasteiger partial charge in [0.05, 0.1) is 0 Å². The lowest BCUT2D eigenvalue weighted by Gasteiger charge is -2.20. The van der Waals surface area contributed by atoms with Gasteiger partial charge in [-0.15, -0.1) is 0 Å². The number of hydrogen-bond acceptors (Lipinski definition) is 3. The Labute approximate surface area is 191 Å².